The van der Waals surface area contributed by atoms with Gasteiger partial charge in [0.25, 0.3) is 0 Å². The highest BCUT2D eigenvalue weighted by Crippen LogP contribution is 2.28. The molecule has 0 saturated carbocycles. The van der Waals surface area contributed by atoms with Gasteiger partial charge in [-0.1, -0.05) is 135 Å². The Morgan fingerprint density at radius 1 is 0.281 bits per heavy atom. The van der Waals surface area contributed by atoms with E-state index in [1.54, 1.807) is 0 Å². The topological polar surface area (TPSA) is 92.3 Å². The van der Waals surface area contributed by atoms with Crippen LogP contribution in [0.5, 0.6) is 11.5 Å². The zero-order valence-electron chi connectivity index (χ0n) is 37.2. The quantitative estimate of drug-likeness (QED) is 0.0592. The Hall–Kier alpha value is -1.50. The van der Waals surface area contributed by atoms with E-state index in [0.29, 0.717) is 117 Å². The van der Waals surface area contributed by atoms with Crippen LogP contribution in [0.25, 0.3) is 0 Å². The van der Waals surface area contributed by atoms with Crippen molar-refractivity contribution in [1.29, 1.82) is 0 Å². The van der Waals surface area contributed by atoms with Crippen molar-refractivity contribution in [2.75, 3.05) is 119 Å². The van der Waals surface area contributed by atoms with Crippen LogP contribution in [0.4, 0.5) is 0 Å². The lowest BCUT2D eigenvalue weighted by Crippen LogP contribution is -2.15. The van der Waals surface area contributed by atoms with Crippen molar-refractivity contribution in [3.8, 4) is 11.5 Å². The second-order valence-electron chi connectivity index (χ2n) is 14.9. The average Bonchev–Trinajstić information content (AvgIpc) is 3.22. The minimum atomic E-state index is 0.422. The van der Waals surface area contributed by atoms with Gasteiger partial charge >= 0.3 is 0 Å². The van der Waals surface area contributed by atoms with E-state index in [-0.39, 0.29) is 0 Å². The molecule has 0 atom stereocenters. The largest absolute Gasteiger partial charge is 0.487 e. The first-order valence-corrected chi connectivity index (χ1v) is 23.3. The van der Waals surface area contributed by atoms with Crippen molar-refractivity contribution in [1.82, 2.24) is 0 Å². The fourth-order valence-corrected chi connectivity index (χ4v) is 6.18. The number of hydrogen-bond acceptors (Lipinski definition) is 10. The monoisotopic (exact) mass is 813 g/mol. The average molecular weight is 813 g/mol. The molecular weight excluding hydrogens is 725 g/mol. The summed E-state index contributed by atoms with van der Waals surface area (Å²) >= 11 is 0. The predicted molar refractivity (Wildman–Crippen MR) is 232 cm³/mol. The first kappa shape index (κ1) is 53.5. The van der Waals surface area contributed by atoms with Crippen molar-refractivity contribution >= 4 is 0 Å². The van der Waals surface area contributed by atoms with E-state index in [1.165, 1.54) is 116 Å². The van der Waals surface area contributed by atoms with Gasteiger partial charge in [0.15, 0.2) is 11.5 Å². The maximum atomic E-state index is 5.96. The Balaban J connectivity index is 1.85. The summed E-state index contributed by atoms with van der Waals surface area (Å²) < 4.78 is 57.0. The molecule has 0 aromatic heterocycles. The third-order valence-corrected chi connectivity index (χ3v) is 9.59. The molecule has 0 saturated heterocycles. The van der Waals surface area contributed by atoms with Gasteiger partial charge < -0.3 is 47.4 Å². The van der Waals surface area contributed by atoms with Crippen LogP contribution >= 0.6 is 0 Å². The van der Waals surface area contributed by atoms with Crippen LogP contribution in [0.2, 0.25) is 0 Å². The summed E-state index contributed by atoms with van der Waals surface area (Å²) in [4.78, 5) is 0. The van der Waals surface area contributed by atoms with Gasteiger partial charge in [-0.25, -0.2) is 0 Å². The van der Waals surface area contributed by atoms with Crippen LogP contribution in [0.1, 0.15) is 148 Å². The van der Waals surface area contributed by atoms with E-state index in [0.717, 1.165) is 31.6 Å². The molecule has 57 heavy (non-hydrogen) atoms. The fraction of sp³-hybridized carbons (Fsp3) is 0.872. The molecule has 0 fully saturated rings. The minimum absolute atomic E-state index is 0.422. The van der Waals surface area contributed by atoms with Crippen LogP contribution in [0, 0.1) is 6.92 Å². The molecule has 0 spiro atoms. The van der Waals surface area contributed by atoms with Crippen molar-refractivity contribution < 1.29 is 47.4 Å². The molecule has 10 heteroatoms. The second kappa shape index (κ2) is 45.6. The van der Waals surface area contributed by atoms with E-state index in [4.69, 9.17) is 47.4 Å². The maximum Gasteiger partial charge on any atom is 0.161 e. The highest BCUT2D eigenvalue weighted by atomic mass is 16.6. The van der Waals surface area contributed by atoms with Crippen LogP contribution < -0.4 is 9.47 Å². The summed E-state index contributed by atoms with van der Waals surface area (Å²) in [6.07, 6.45) is 26.8. The van der Waals surface area contributed by atoms with Crippen molar-refractivity contribution in [3.63, 3.8) is 0 Å². The van der Waals surface area contributed by atoms with E-state index in [1.807, 2.05) is 25.1 Å². The minimum Gasteiger partial charge on any atom is -0.487 e. The predicted octanol–water partition coefficient (Wildman–Crippen LogP) is 10.7. The normalized spacial score (nSPS) is 11.5. The molecule has 0 heterocycles. The number of benzene rings is 1. The third kappa shape index (κ3) is 39.7. The summed E-state index contributed by atoms with van der Waals surface area (Å²) in [6, 6.07) is 5.91. The van der Waals surface area contributed by atoms with Gasteiger partial charge in [0.2, 0.25) is 0 Å². The smallest absolute Gasteiger partial charge is 0.161 e. The Kier molecular flexibility index (Phi) is 42.8. The Bertz CT molecular complexity index is 920. The summed E-state index contributed by atoms with van der Waals surface area (Å²) in [7, 11) is 0. The summed E-state index contributed by atoms with van der Waals surface area (Å²) in [6.45, 7) is 16.8. The van der Waals surface area contributed by atoms with Crippen molar-refractivity contribution in [3.05, 3.63) is 23.8 Å². The van der Waals surface area contributed by atoms with Gasteiger partial charge in [0, 0.05) is 13.2 Å². The lowest BCUT2D eigenvalue weighted by molar-refractivity contribution is -0.00569. The first-order chi connectivity index (χ1) is 28.3. The molecule has 10 nitrogen and oxygen atoms in total. The summed E-state index contributed by atoms with van der Waals surface area (Å²) in [5, 5.41) is 0. The van der Waals surface area contributed by atoms with E-state index >= 15 is 0 Å². The molecule has 0 amide bonds. The Morgan fingerprint density at radius 3 is 0.877 bits per heavy atom. The molecule has 0 aliphatic carbocycles. The van der Waals surface area contributed by atoms with Gasteiger partial charge in [-0.2, -0.15) is 0 Å². The molecule has 0 N–H and O–H groups in total. The van der Waals surface area contributed by atoms with Crippen LogP contribution in [-0.4, -0.2) is 119 Å². The summed E-state index contributed by atoms with van der Waals surface area (Å²) in [5.41, 5.74) is 1.10. The van der Waals surface area contributed by atoms with Crippen LogP contribution in [0.15, 0.2) is 18.2 Å². The number of hydrogen-bond donors (Lipinski definition) is 0. The highest BCUT2D eigenvalue weighted by Gasteiger charge is 2.06. The van der Waals surface area contributed by atoms with Gasteiger partial charge in [0.1, 0.15) is 13.2 Å². The number of rotatable bonds is 48. The van der Waals surface area contributed by atoms with Gasteiger partial charge in [-0.3, -0.25) is 0 Å². The van der Waals surface area contributed by atoms with E-state index < -0.39 is 0 Å². The zero-order valence-corrected chi connectivity index (χ0v) is 37.2. The molecule has 0 aliphatic heterocycles. The number of ether oxygens (including phenoxy) is 10. The molecule has 1 rings (SSSR count). The van der Waals surface area contributed by atoms with E-state index in [9.17, 15) is 0 Å². The van der Waals surface area contributed by atoms with Gasteiger partial charge in [0.05, 0.1) is 92.5 Å². The van der Waals surface area contributed by atoms with Crippen LogP contribution in [-0.2, 0) is 37.9 Å². The molecule has 0 aliphatic rings. The SMILES string of the molecule is CCCCCCCCCCCCOCCOCCOCCOCCOc1ccc(C)cc1OCCOCCOCCOCCOCCCCCCCCCCCC. The van der Waals surface area contributed by atoms with Crippen LogP contribution in [0.3, 0.4) is 0 Å². The van der Waals surface area contributed by atoms with Crippen molar-refractivity contribution in [2.24, 2.45) is 0 Å². The molecule has 0 unspecified atom stereocenters. The molecule has 0 radical (unpaired) electrons. The first-order valence-electron chi connectivity index (χ1n) is 23.3. The van der Waals surface area contributed by atoms with Gasteiger partial charge in [-0.05, 0) is 37.5 Å². The molecule has 1 aromatic carbocycles. The molecule has 0 bridgehead atoms. The Morgan fingerprint density at radius 2 is 0.544 bits per heavy atom. The van der Waals surface area contributed by atoms with Crippen molar-refractivity contribution in [2.45, 2.75) is 149 Å². The molecular formula is C47H88O10. The number of aryl methyl sites for hydroxylation is 1. The molecule has 336 valence electrons. The Labute approximate surface area is 350 Å². The number of unbranched alkanes of at least 4 members (excludes halogenated alkanes) is 18. The maximum absolute atomic E-state index is 5.96. The standard InChI is InChI=1S/C47H88O10/c1-4-6-8-10-12-14-16-18-20-22-26-48-28-30-50-32-34-52-36-38-54-40-42-56-46-25-24-45(3)44-47(46)57-43-41-55-39-37-53-35-33-51-31-29-49-27-23-21-19-17-15-13-11-9-7-5-2/h24-25,44H,4-23,26-43H2,1-3H3. The molecule has 1 aromatic rings. The second-order valence-corrected chi connectivity index (χ2v) is 14.9. The summed E-state index contributed by atoms with van der Waals surface area (Å²) in [5.74, 6) is 1.39. The zero-order chi connectivity index (χ0) is 40.8. The third-order valence-electron chi connectivity index (χ3n) is 9.59. The fourth-order valence-electron chi connectivity index (χ4n) is 6.18. The van der Waals surface area contributed by atoms with E-state index in [2.05, 4.69) is 13.8 Å². The van der Waals surface area contributed by atoms with Gasteiger partial charge in [-0.15, -0.1) is 0 Å². The lowest BCUT2D eigenvalue weighted by atomic mass is 10.1. The highest BCUT2D eigenvalue weighted by molar-refractivity contribution is 5.42. The lowest BCUT2D eigenvalue weighted by Gasteiger charge is -2.14.